The number of hydrogen-bond acceptors (Lipinski definition) is 3. The summed E-state index contributed by atoms with van der Waals surface area (Å²) in [4.78, 5) is 23.1. The van der Waals surface area contributed by atoms with Gasteiger partial charge >= 0.3 is 0 Å². The van der Waals surface area contributed by atoms with E-state index in [0.29, 0.717) is 0 Å². The summed E-state index contributed by atoms with van der Waals surface area (Å²) in [6.45, 7) is 5.93. The molecule has 0 unspecified atom stereocenters. The molecule has 0 fully saturated rings. The Morgan fingerprint density at radius 2 is 1.85 bits per heavy atom. The normalized spacial score (nSPS) is 10.6. The Balaban J connectivity index is 2.38. The topological polar surface area (TPSA) is 70.6 Å². The van der Waals surface area contributed by atoms with Crippen LogP contribution < -0.4 is 10.7 Å². The maximum absolute atomic E-state index is 11.7. The number of hydrogen-bond donors (Lipinski definition) is 2. The standard InChI is InChI=1S/C15H21N3O2/c1-4-9-16-18-15(20)8-7-14(19)17-13-6-5-11(2)12(3)10-13/h5-6,9-10H,4,7-8H2,1-3H3,(H,17,19)(H,18,20). The summed E-state index contributed by atoms with van der Waals surface area (Å²) in [5, 5.41) is 6.49. The molecule has 0 spiro atoms. The first-order valence-electron chi connectivity index (χ1n) is 6.70. The van der Waals surface area contributed by atoms with Crippen LogP contribution in [0.15, 0.2) is 23.3 Å². The smallest absolute Gasteiger partial charge is 0.240 e. The summed E-state index contributed by atoms with van der Waals surface area (Å²) in [7, 11) is 0. The zero-order chi connectivity index (χ0) is 15.0. The van der Waals surface area contributed by atoms with Gasteiger partial charge in [0, 0.05) is 24.7 Å². The van der Waals surface area contributed by atoms with Gasteiger partial charge < -0.3 is 5.32 Å². The molecule has 2 N–H and O–H groups in total. The first-order valence-corrected chi connectivity index (χ1v) is 6.70. The third-order valence-electron chi connectivity index (χ3n) is 2.83. The fourth-order valence-electron chi connectivity index (χ4n) is 1.53. The van der Waals surface area contributed by atoms with Crippen LogP contribution >= 0.6 is 0 Å². The third-order valence-corrected chi connectivity index (χ3v) is 2.83. The molecule has 1 rings (SSSR count). The van der Waals surface area contributed by atoms with E-state index in [9.17, 15) is 9.59 Å². The number of amides is 2. The van der Waals surface area contributed by atoms with Crippen molar-refractivity contribution in [1.29, 1.82) is 0 Å². The molecule has 0 radical (unpaired) electrons. The van der Waals surface area contributed by atoms with Gasteiger partial charge in [0.2, 0.25) is 11.8 Å². The maximum Gasteiger partial charge on any atom is 0.240 e. The number of nitrogens with one attached hydrogen (secondary N) is 2. The lowest BCUT2D eigenvalue weighted by Gasteiger charge is -2.07. The number of carbonyl (C=O) groups excluding carboxylic acids is 2. The van der Waals surface area contributed by atoms with E-state index in [0.717, 1.165) is 17.7 Å². The molecule has 0 aromatic heterocycles. The Morgan fingerprint density at radius 3 is 2.50 bits per heavy atom. The Kier molecular flexibility index (Phi) is 6.43. The van der Waals surface area contributed by atoms with E-state index in [1.165, 1.54) is 5.56 Å². The lowest BCUT2D eigenvalue weighted by atomic mass is 10.1. The molecule has 0 heterocycles. The minimum atomic E-state index is -0.259. The highest BCUT2D eigenvalue weighted by Gasteiger charge is 2.07. The third kappa shape index (κ3) is 5.65. The van der Waals surface area contributed by atoms with E-state index in [4.69, 9.17) is 0 Å². The van der Waals surface area contributed by atoms with Gasteiger partial charge in [0.15, 0.2) is 0 Å². The minimum absolute atomic E-state index is 0.123. The number of benzene rings is 1. The molecule has 1 aromatic carbocycles. The molecule has 0 aliphatic heterocycles. The highest BCUT2D eigenvalue weighted by molar-refractivity contribution is 5.93. The van der Waals surface area contributed by atoms with Crippen molar-refractivity contribution in [3.8, 4) is 0 Å². The molecule has 0 bridgehead atoms. The Labute approximate surface area is 119 Å². The summed E-state index contributed by atoms with van der Waals surface area (Å²) in [5.41, 5.74) is 5.42. The molecule has 20 heavy (non-hydrogen) atoms. The van der Waals surface area contributed by atoms with Crippen molar-refractivity contribution in [3.05, 3.63) is 29.3 Å². The quantitative estimate of drug-likeness (QED) is 0.618. The van der Waals surface area contributed by atoms with Gasteiger partial charge in [-0.05, 0) is 43.5 Å². The van der Waals surface area contributed by atoms with Crippen LogP contribution in [0, 0.1) is 13.8 Å². The number of anilines is 1. The fraction of sp³-hybridized carbons (Fsp3) is 0.400. The van der Waals surface area contributed by atoms with Crippen molar-refractivity contribution in [3.63, 3.8) is 0 Å². The number of nitrogens with zero attached hydrogens (tertiary/aromatic N) is 1. The number of aryl methyl sites for hydroxylation is 2. The molecule has 108 valence electrons. The van der Waals surface area contributed by atoms with Crippen LogP contribution in [0.1, 0.15) is 37.3 Å². The van der Waals surface area contributed by atoms with Crippen LogP contribution in [-0.2, 0) is 9.59 Å². The van der Waals surface area contributed by atoms with Gasteiger partial charge in [0.05, 0.1) is 0 Å². The second kappa shape index (κ2) is 8.09. The summed E-state index contributed by atoms with van der Waals surface area (Å²) in [5.74, 6) is -0.437. The molecule has 5 nitrogen and oxygen atoms in total. The molecular weight excluding hydrogens is 254 g/mol. The first-order chi connectivity index (χ1) is 9.52. The Hall–Kier alpha value is -2.17. The van der Waals surface area contributed by atoms with Gasteiger partial charge in [-0.2, -0.15) is 5.10 Å². The number of hydrazone groups is 1. The second-order valence-corrected chi connectivity index (χ2v) is 4.60. The van der Waals surface area contributed by atoms with Gasteiger partial charge in [-0.3, -0.25) is 9.59 Å². The van der Waals surface area contributed by atoms with E-state index in [2.05, 4.69) is 15.8 Å². The monoisotopic (exact) mass is 275 g/mol. The average molecular weight is 275 g/mol. The molecule has 0 atom stereocenters. The number of carbonyl (C=O) groups is 2. The van der Waals surface area contributed by atoms with E-state index >= 15 is 0 Å². The SMILES string of the molecule is CCC=NNC(=O)CCC(=O)Nc1ccc(C)c(C)c1. The van der Waals surface area contributed by atoms with Gasteiger partial charge in [-0.15, -0.1) is 0 Å². The highest BCUT2D eigenvalue weighted by Crippen LogP contribution is 2.14. The van der Waals surface area contributed by atoms with Gasteiger partial charge in [0.25, 0.3) is 0 Å². The largest absolute Gasteiger partial charge is 0.326 e. The molecule has 0 aliphatic carbocycles. The van der Waals surface area contributed by atoms with Gasteiger partial charge in [-0.25, -0.2) is 5.43 Å². The van der Waals surface area contributed by atoms with Crippen molar-refractivity contribution in [2.45, 2.75) is 40.0 Å². The lowest BCUT2D eigenvalue weighted by Crippen LogP contribution is -2.20. The summed E-state index contributed by atoms with van der Waals surface area (Å²) >= 11 is 0. The van der Waals surface area contributed by atoms with Crippen LogP contribution in [0.5, 0.6) is 0 Å². The van der Waals surface area contributed by atoms with Crippen LogP contribution in [0.2, 0.25) is 0 Å². The van der Waals surface area contributed by atoms with E-state index < -0.39 is 0 Å². The molecule has 0 aliphatic rings. The Morgan fingerprint density at radius 1 is 1.15 bits per heavy atom. The molecule has 0 saturated carbocycles. The van der Waals surface area contributed by atoms with Gasteiger partial charge in [-0.1, -0.05) is 13.0 Å². The molecule has 2 amide bonds. The minimum Gasteiger partial charge on any atom is -0.326 e. The summed E-state index contributed by atoms with van der Waals surface area (Å²) in [6, 6.07) is 5.72. The molecular formula is C15H21N3O2. The van der Waals surface area contributed by atoms with Crippen molar-refractivity contribution in [1.82, 2.24) is 5.43 Å². The maximum atomic E-state index is 11.7. The zero-order valence-electron chi connectivity index (χ0n) is 12.2. The Bertz CT molecular complexity index is 510. The zero-order valence-corrected chi connectivity index (χ0v) is 12.2. The van der Waals surface area contributed by atoms with Crippen molar-refractivity contribution < 1.29 is 9.59 Å². The summed E-state index contributed by atoms with van der Waals surface area (Å²) in [6.07, 6.45) is 2.62. The summed E-state index contributed by atoms with van der Waals surface area (Å²) < 4.78 is 0. The highest BCUT2D eigenvalue weighted by atomic mass is 16.2. The molecule has 5 heteroatoms. The van der Waals surface area contributed by atoms with Crippen LogP contribution in [0.3, 0.4) is 0 Å². The lowest BCUT2D eigenvalue weighted by molar-refractivity contribution is -0.124. The van der Waals surface area contributed by atoms with Crippen LogP contribution in [0.4, 0.5) is 5.69 Å². The molecule has 0 saturated heterocycles. The van der Waals surface area contributed by atoms with E-state index in [1.54, 1.807) is 6.21 Å². The van der Waals surface area contributed by atoms with E-state index in [1.807, 2.05) is 39.0 Å². The molecule has 1 aromatic rings. The van der Waals surface area contributed by atoms with Crippen molar-refractivity contribution in [2.75, 3.05) is 5.32 Å². The number of rotatable bonds is 6. The van der Waals surface area contributed by atoms with Crippen molar-refractivity contribution >= 4 is 23.7 Å². The van der Waals surface area contributed by atoms with Gasteiger partial charge in [0.1, 0.15) is 0 Å². The predicted molar refractivity (Wildman–Crippen MR) is 80.7 cm³/mol. The van der Waals surface area contributed by atoms with Crippen molar-refractivity contribution in [2.24, 2.45) is 5.10 Å². The van der Waals surface area contributed by atoms with Crippen LogP contribution in [-0.4, -0.2) is 18.0 Å². The average Bonchev–Trinajstić information content (AvgIpc) is 2.41. The fourth-order valence-corrected chi connectivity index (χ4v) is 1.53. The van der Waals surface area contributed by atoms with Crippen LogP contribution in [0.25, 0.3) is 0 Å². The second-order valence-electron chi connectivity index (χ2n) is 4.60. The first kappa shape index (κ1) is 15.9. The predicted octanol–water partition coefficient (Wildman–Crippen LogP) is 2.53. The van der Waals surface area contributed by atoms with E-state index in [-0.39, 0.29) is 24.7 Å².